The number of nitrogens with zero attached hydrogens (tertiary/aromatic N) is 1. The average molecular weight is 1010 g/mol. The van der Waals surface area contributed by atoms with Crippen LogP contribution in [0.25, 0.3) is 0 Å². The van der Waals surface area contributed by atoms with Crippen molar-refractivity contribution in [2.24, 2.45) is 0 Å². The normalized spacial score (nSPS) is 13.4. The molecule has 0 aliphatic heterocycles. The van der Waals surface area contributed by atoms with Gasteiger partial charge in [-0.2, -0.15) is 0 Å². The highest BCUT2D eigenvalue weighted by Gasteiger charge is 2.25. The predicted octanol–water partition coefficient (Wildman–Crippen LogP) is 17.2. The van der Waals surface area contributed by atoms with E-state index >= 15 is 0 Å². The van der Waals surface area contributed by atoms with Gasteiger partial charge in [0.1, 0.15) is 13.2 Å². The lowest BCUT2D eigenvalue weighted by Gasteiger charge is -2.25. The Morgan fingerprint density at radius 2 is 0.792 bits per heavy atom. The minimum absolute atomic E-state index is 0.183. The molecule has 72 heavy (non-hydrogen) atoms. The van der Waals surface area contributed by atoms with Gasteiger partial charge in [-0.15, -0.1) is 0 Å². The van der Waals surface area contributed by atoms with Crippen molar-refractivity contribution < 1.29 is 42.9 Å². The third-order valence-corrected chi connectivity index (χ3v) is 12.4. The molecule has 0 spiro atoms. The van der Waals surface area contributed by atoms with Gasteiger partial charge in [0.05, 0.1) is 34.4 Å². The molecular weight excluding hydrogens is 899 g/mol. The lowest BCUT2D eigenvalue weighted by Crippen LogP contribution is -2.40. The molecule has 2 atom stereocenters. The topological polar surface area (TPSA) is 108 Å². The van der Waals surface area contributed by atoms with Crippen LogP contribution in [0.2, 0.25) is 0 Å². The number of carbonyl (C=O) groups is 3. The van der Waals surface area contributed by atoms with Crippen LogP contribution in [0.3, 0.4) is 0 Å². The van der Waals surface area contributed by atoms with Crippen LogP contribution in [0.15, 0.2) is 85.1 Å². The molecule has 414 valence electrons. The predicted molar refractivity (Wildman–Crippen MR) is 304 cm³/mol. The summed E-state index contributed by atoms with van der Waals surface area (Å²) in [6, 6.07) is 0. The SMILES string of the molecule is CC/C=C\C/C=C\C/C=C\C/C=C\C/C=C\C/C=C\CCCCCCCCCCCCC(=O)OC(COC(=O)CCCCCCCCC/C=C\CCCCCCCCC)COC(OCC[N+](C)(C)C)C(=O)O. The first kappa shape index (κ1) is 68.5. The fourth-order valence-electron chi connectivity index (χ4n) is 7.89. The molecule has 0 fully saturated rings. The van der Waals surface area contributed by atoms with Gasteiger partial charge in [0, 0.05) is 12.8 Å². The first-order valence-corrected chi connectivity index (χ1v) is 29.3. The minimum atomic E-state index is -1.52. The second kappa shape index (κ2) is 53.8. The number of carbonyl (C=O) groups excluding carboxylic acids is 2. The van der Waals surface area contributed by atoms with E-state index in [0.717, 1.165) is 83.5 Å². The van der Waals surface area contributed by atoms with E-state index in [0.29, 0.717) is 23.9 Å². The van der Waals surface area contributed by atoms with Crippen molar-refractivity contribution in [1.29, 1.82) is 0 Å². The van der Waals surface area contributed by atoms with Gasteiger partial charge >= 0.3 is 17.9 Å². The number of allylic oxidation sites excluding steroid dienone is 14. The second-order valence-corrected chi connectivity index (χ2v) is 20.6. The van der Waals surface area contributed by atoms with Gasteiger partial charge in [-0.1, -0.05) is 221 Å². The van der Waals surface area contributed by atoms with Crippen molar-refractivity contribution in [1.82, 2.24) is 0 Å². The number of carboxylic acid groups (broad SMARTS) is 1. The van der Waals surface area contributed by atoms with Gasteiger partial charge in [0.2, 0.25) is 0 Å². The lowest BCUT2D eigenvalue weighted by atomic mass is 10.0. The summed E-state index contributed by atoms with van der Waals surface area (Å²) in [5, 5.41) is 9.70. The van der Waals surface area contributed by atoms with Crippen molar-refractivity contribution in [3.8, 4) is 0 Å². The summed E-state index contributed by atoms with van der Waals surface area (Å²) in [5.41, 5.74) is 0. The second-order valence-electron chi connectivity index (χ2n) is 20.6. The Morgan fingerprint density at radius 3 is 1.19 bits per heavy atom. The maximum Gasteiger partial charge on any atom is 0.361 e. The van der Waals surface area contributed by atoms with E-state index in [-0.39, 0.29) is 32.2 Å². The van der Waals surface area contributed by atoms with Crippen LogP contribution in [0, 0.1) is 0 Å². The standard InChI is InChI=1S/C63H109NO8/c1-6-8-10-12-14-16-18-20-22-24-26-27-28-29-30-31-32-33-34-35-36-38-40-42-44-46-48-50-52-54-61(66)72-59(58-71-63(62(67)68)69-56-55-64(3,4)5)57-70-60(65)53-51-49-47-45-43-41-39-37-25-23-21-19-17-15-13-11-9-7-2/h8,10,14,16,20,22-23,25-27,29-30,32-33,59,63H,6-7,9,11-13,15,17-19,21,24,28,31,34-58H2,1-5H3/p+1/b10-8-,16-14-,22-20-,25-23-,27-26-,30-29-,33-32-. The highest BCUT2D eigenvalue weighted by atomic mass is 16.7. The number of ether oxygens (including phenoxy) is 4. The van der Waals surface area contributed by atoms with Gasteiger partial charge in [-0.3, -0.25) is 9.59 Å². The molecule has 0 saturated heterocycles. The maximum absolute atomic E-state index is 12.9. The average Bonchev–Trinajstić information content (AvgIpc) is 3.35. The fraction of sp³-hybridized carbons (Fsp3) is 0.730. The van der Waals surface area contributed by atoms with E-state index < -0.39 is 24.3 Å². The first-order valence-electron chi connectivity index (χ1n) is 29.3. The minimum Gasteiger partial charge on any atom is -0.477 e. The Hall–Kier alpha value is -3.53. The highest BCUT2D eigenvalue weighted by molar-refractivity contribution is 5.71. The highest BCUT2D eigenvalue weighted by Crippen LogP contribution is 2.15. The van der Waals surface area contributed by atoms with Crippen LogP contribution < -0.4 is 0 Å². The zero-order valence-electron chi connectivity index (χ0n) is 47.1. The molecule has 0 aliphatic rings. The van der Waals surface area contributed by atoms with E-state index in [2.05, 4.69) is 98.9 Å². The Balaban J connectivity index is 4.25. The van der Waals surface area contributed by atoms with Gasteiger partial charge in [-0.25, -0.2) is 4.79 Å². The van der Waals surface area contributed by atoms with Crippen LogP contribution in [-0.4, -0.2) is 87.4 Å². The van der Waals surface area contributed by atoms with Gasteiger partial charge in [0.15, 0.2) is 6.10 Å². The molecule has 0 amide bonds. The molecule has 9 heteroatoms. The molecular formula is C63H110NO8+. The summed E-state index contributed by atoms with van der Waals surface area (Å²) in [6.07, 6.45) is 68.0. The van der Waals surface area contributed by atoms with Gasteiger partial charge in [-0.05, 0) is 89.9 Å². The lowest BCUT2D eigenvalue weighted by molar-refractivity contribution is -0.870. The van der Waals surface area contributed by atoms with Crippen molar-refractivity contribution in [2.75, 3.05) is 47.5 Å². The monoisotopic (exact) mass is 1010 g/mol. The number of rotatable bonds is 53. The summed E-state index contributed by atoms with van der Waals surface area (Å²) in [5.74, 6) is -2.02. The molecule has 0 radical (unpaired) electrons. The Labute approximate surface area is 442 Å². The maximum atomic E-state index is 12.9. The molecule has 0 saturated carbocycles. The van der Waals surface area contributed by atoms with Crippen molar-refractivity contribution in [3.63, 3.8) is 0 Å². The van der Waals surface area contributed by atoms with E-state index in [1.54, 1.807) is 0 Å². The van der Waals surface area contributed by atoms with E-state index in [1.165, 1.54) is 122 Å². The number of quaternary nitrogens is 1. The van der Waals surface area contributed by atoms with Crippen LogP contribution in [0.5, 0.6) is 0 Å². The Bertz CT molecular complexity index is 1450. The van der Waals surface area contributed by atoms with Crippen LogP contribution in [0.4, 0.5) is 0 Å². The zero-order valence-corrected chi connectivity index (χ0v) is 47.1. The molecule has 0 rings (SSSR count). The van der Waals surface area contributed by atoms with Crippen molar-refractivity contribution >= 4 is 17.9 Å². The van der Waals surface area contributed by atoms with E-state index in [4.69, 9.17) is 18.9 Å². The fourth-order valence-corrected chi connectivity index (χ4v) is 7.89. The third kappa shape index (κ3) is 54.2. The van der Waals surface area contributed by atoms with Gasteiger partial charge in [0.25, 0.3) is 6.29 Å². The zero-order chi connectivity index (χ0) is 52.7. The number of hydrogen-bond acceptors (Lipinski definition) is 7. The molecule has 0 bridgehead atoms. The summed E-state index contributed by atoms with van der Waals surface area (Å²) >= 11 is 0. The quantitative estimate of drug-likeness (QED) is 0.0211. The largest absolute Gasteiger partial charge is 0.477 e. The summed E-state index contributed by atoms with van der Waals surface area (Å²) < 4.78 is 22.9. The van der Waals surface area contributed by atoms with Gasteiger partial charge < -0.3 is 28.5 Å². The number of likely N-dealkylation sites (N-methyl/N-ethyl adjacent to an activating group) is 1. The first-order chi connectivity index (χ1) is 35.1. The van der Waals surface area contributed by atoms with Crippen LogP contribution >= 0.6 is 0 Å². The smallest absolute Gasteiger partial charge is 0.361 e. The summed E-state index contributed by atoms with van der Waals surface area (Å²) in [7, 11) is 5.96. The molecule has 0 aromatic heterocycles. The molecule has 0 aromatic carbocycles. The molecule has 0 aromatic rings. The van der Waals surface area contributed by atoms with E-state index in [1.807, 2.05) is 21.1 Å². The molecule has 0 heterocycles. The van der Waals surface area contributed by atoms with Crippen molar-refractivity contribution in [2.45, 2.75) is 251 Å². The summed E-state index contributed by atoms with van der Waals surface area (Å²) in [6.45, 7) is 4.76. The summed E-state index contributed by atoms with van der Waals surface area (Å²) in [4.78, 5) is 37.4. The molecule has 0 aliphatic carbocycles. The number of hydrogen-bond donors (Lipinski definition) is 1. The number of unbranched alkanes of at least 4 members (excludes halogenated alkanes) is 24. The van der Waals surface area contributed by atoms with Crippen LogP contribution in [0.1, 0.15) is 239 Å². The third-order valence-electron chi connectivity index (χ3n) is 12.4. The Morgan fingerprint density at radius 1 is 0.431 bits per heavy atom. The Kier molecular flexibility index (Phi) is 51.1. The van der Waals surface area contributed by atoms with E-state index in [9.17, 15) is 19.5 Å². The molecule has 9 nitrogen and oxygen atoms in total. The molecule has 1 N–H and O–H groups in total. The number of carboxylic acids is 1. The van der Waals surface area contributed by atoms with Crippen molar-refractivity contribution in [3.05, 3.63) is 85.1 Å². The van der Waals surface area contributed by atoms with Crippen LogP contribution in [-0.2, 0) is 33.3 Å². The number of esters is 2. The molecule has 2 unspecified atom stereocenters. The number of aliphatic carboxylic acids is 1.